The molecule has 0 fully saturated rings. The summed E-state index contributed by atoms with van der Waals surface area (Å²) in [7, 11) is 2.02. The van der Waals surface area contributed by atoms with E-state index in [2.05, 4.69) is 33.1 Å². The topological polar surface area (TPSA) is 46.9 Å². The van der Waals surface area contributed by atoms with Crippen LogP contribution >= 0.6 is 11.3 Å². The SMILES string of the molecule is Cc1cccc(C)c1NC(=O)c1csc(-c2cc3ccccc3n2C)n1. The van der Waals surface area contributed by atoms with Gasteiger partial charge in [-0.15, -0.1) is 11.3 Å². The van der Waals surface area contributed by atoms with Gasteiger partial charge in [0.2, 0.25) is 0 Å². The number of benzene rings is 2. The molecule has 0 aliphatic heterocycles. The molecular weight excluding hydrogens is 342 g/mol. The van der Waals surface area contributed by atoms with Crippen LogP contribution < -0.4 is 5.32 Å². The molecule has 0 aliphatic carbocycles. The summed E-state index contributed by atoms with van der Waals surface area (Å²) in [5, 5.41) is 6.83. The molecule has 1 amide bonds. The van der Waals surface area contributed by atoms with Gasteiger partial charge in [0.05, 0.1) is 5.69 Å². The molecular formula is C21H19N3OS. The average Bonchev–Trinajstić information content (AvgIpc) is 3.24. The van der Waals surface area contributed by atoms with Crippen molar-refractivity contribution < 1.29 is 4.79 Å². The van der Waals surface area contributed by atoms with Crippen LogP contribution in [0, 0.1) is 13.8 Å². The minimum atomic E-state index is -0.177. The van der Waals surface area contributed by atoms with Crippen LogP contribution in [0.1, 0.15) is 21.6 Å². The summed E-state index contributed by atoms with van der Waals surface area (Å²) in [6.45, 7) is 3.98. The van der Waals surface area contributed by atoms with Crippen LogP contribution in [0.15, 0.2) is 53.9 Å². The number of carbonyl (C=O) groups is 1. The third kappa shape index (κ3) is 2.80. The van der Waals surface area contributed by atoms with E-state index >= 15 is 0 Å². The third-order valence-electron chi connectivity index (χ3n) is 4.63. The van der Waals surface area contributed by atoms with E-state index in [4.69, 9.17) is 0 Å². The van der Waals surface area contributed by atoms with Crippen molar-refractivity contribution in [2.75, 3.05) is 5.32 Å². The van der Waals surface area contributed by atoms with Crippen molar-refractivity contribution in [2.24, 2.45) is 7.05 Å². The van der Waals surface area contributed by atoms with Gasteiger partial charge in [-0.1, -0.05) is 36.4 Å². The number of hydrogen-bond acceptors (Lipinski definition) is 3. The zero-order valence-corrected chi connectivity index (χ0v) is 15.7. The smallest absolute Gasteiger partial charge is 0.275 e. The molecule has 0 spiro atoms. The van der Waals surface area contributed by atoms with Gasteiger partial charge in [-0.05, 0) is 37.1 Å². The Labute approximate surface area is 156 Å². The second-order valence-electron chi connectivity index (χ2n) is 6.41. The molecule has 2 aromatic carbocycles. The highest BCUT2D eigenvalue weighted by Gasteiger charge is 2.16. The van der Waals surface area contributed by atoms with Crippen LogP contribution in [-0.2, 0) is 7.05 Å². The van der Waals surface area contributed by atoms with Crippen molar-refractivity contribution in [2.45, 2.75) is 13.8 Å². The number of anilines is 1. The first-order valence-electron chi connectivity index (χ1n) is 8.42. The largest absolute Gasteiger partial charge is 0.342 e. The molecule has 0 saturated carbocycles. The van der Waals surface area contributed by atoms with Gasteiger partial charge in [0.25, 0.3) is 5.91 Å². The molecule has 0 aliphatic rings. The molecule has 0 unspecified atom stereocenters. The molecule has 5 heteroatoms. The summed E-state index contributed by atoms with van der Waals surface area (Å²) in [4.78, 5) is 17.2. The van der Waals surface area contributed by atoms with E-state index in [0.717, 1.165) is 33.0 Å². The van der Waals surface area contributed by atoms with E-state index in [9.17, 15) is 4.79 Å². The quantitative estimate of drug-likeness (QED) is 0.547. The number of nitrogens with zero attached hydrogens (tertiary/aromatic N) is 2. The second-order valence-corrected chi connectivity index (χ2v) is 7.26. The first-order valence-corrected chi connectivity index (χ1v) is 9.30. The van der Waals surface area contributed by atoms with E-state index in [0.29, 0.717) is 5.69 Å². The Balaban J connectivity index is 1.65. The highest BCUT2D eigenvalue weighted by atomic mass is 32.1. The summed E-state index contributed by atoms with van der Waals surface area (Å²) in [6, 6.07) is 16.3. The van der Waals surface area contributed by atoms with Crippen LogP contribution in [0.5, 0.6) is 0 Å². The number of aromatic nitrogens is 2. The van der Waals surface area contributed by atoms with E-state index < -0.39 is 0 Å². The minimum Gasteiger partial charge on any atom is -0.342 e. The fourth-order valence-corrected chi connectivity index (χ4v) is 4.03. The third-order valence-corrected chi connectivity index (χ3v) is 5.49. The van der Waals surface area contributed by atoms with Crippen molar-refractivity contribution >= 4 is 33.8 Å². The number of thiazole rings is 1. The molecule has 2 aromatic heterocycles. The monoisotopic (exact) mass is 361 g/mol. The molecule has 0 saturated heterocycles. The van der Waals surface area contributed by atoms with E-state index in [-0.39, 0.29) is 5.91 Å². The van der Waals surface area contributed by atoms with Crippen LogP contribution in [0.4, 0.5) is 5.69 Å². The summed E-state index contributed by atoms with van der Waals surface area (Å²) in [6.07, 6.45) is 0. The Morgan fingerprint density at radius 2 is 1.81 bits per heavy atom. The van der Waals surface area contributed by atoms with Crippen molar-refractivity contribution in [3.8, 4) is 10.7 Å². The molecule has 1 N–H and O–H groups in total. The molecule has 130 valence electrons. The lowest BCUT2D eigenvalue weighted by Gasteiger charge is -2.10. The fraction of sp³-hybridized carbons (Fsp3) is 0.143. The second kappa shape index (κ2) is 6.42. The number of amides is 1. The molecule has 26 heavy (non-hydrogen) atoms. The molecule has 4 rings (SSSR count). The van der Waals surface area contributed by atoms with Crippen LogP contribution in [-0.4, -0.2) is 15.5 Å². The molecule has 0 radical (unpaired) electrons. The predicted molar refractivity (Wildman–Crippen MR) is 108 cm³/mol. The first kappa shape index (κ1) is 16.5. The normalized spacial score (nSPS) is 11.0. The maximum atomic E-state index is 12.6. The van der Waals surface area contributed by atoms with E-state index in [1.165, 1.54) is 16.7 Å². The van der Waals surface area contributed by atoms with Crippen molar-refractivity contribution in [3.05, 3.63) is 70.7 Å². The number of hydrogen-bond donors (Lipinski definition) is 1. The van der Waals surface area contributed by atoms with E-state index in [1.807, 2.05) is 56.6 Å². The van der Waals surface area contributed by atoms with Gasteiger partial charge in [-0.3, -0.25) is 4.79 Å². The lowest BCUT2D eigenvalue weighted by atomic mass is 10.1. The number of aryl methyl sites for hydroxylation is 3. The first-order chi connectivity index (χ1) is 12.5. The van der Waals surface area contributed by atoms with Gasteiger partial charge in [-0.2, -0.15) is 0 Å². The van der Waals surface area contributed by atoms with Gasteiger partial charge >= 0.3 is 0 Å². The Kier molecular flexibility index (Phi) is 4.09. The molecule has 0 atom stereocenters. The van der Waals surface area contributed by atoms with Gasteiger partial charge in [0.1, 0.15) is 10.7 Å². The van der Waals surface area contributed by atoms with Crippen LogP contribution in [0.3, 0.4) is 0 Å². The van der Waals surface area contributed by atoms with Crippen molar-refractivity contribution in [1.29, 1.82) is 0 Å². The lowest BCUT2D eigenvalue weighted by Crippen LogP contribution is -2.14. The van der Waals surface area contributed by atoms with Gasteiger partial charge in [0.15, 0.2) is 0 Å². The van der Waals surface area contributed by atoms with Gasteiger partial charge in [-0.25, -0.2) is 4.98 Å². The summed E-state index contributed by atoms with van der Waals surface area (Å²) in [5.74, 6) is -0.177. The highest BCUT2D eigenvalue weighted by molar-refractivity contribution is 7.13. The summed E-state index contributed by atoms with van der Waals surface area (Å²) >= 11 is 1.49. The molecule has 0 bridgehead atoms. The fourth-order valence-electron chi connectivity index (χ4n) is 3.18. The number of rotatable bonds is 3. The van der Waals surface area contributed by atoms with Crippen LogP contribution in [0.2, 0.25) is 0 Å². The van der Waals surface area contributed by atoms with Crippen molar-refractivity contribution in [1.82, 2.24) is 9.55 Å². The van der Waals surface area contributed by atoms with Crippen LogP contribution in [0.25, 0.3) is 21.6 Å². The molecule has 2 heterocycles. The van der Waals surface area contributed by atoms with Gasteiger partial charge in [0, 0.05) is 29.0 Å². The highest BCUT2D eigenvalue weighted by Crippen LogP contribution is 2.30. The standard InChI is InChI=1S/C21H19N3OS/c1-13-7-6-8-14(2)19(13)23-20(25)16-12-26-21(22-16)18-11-15-9-4-5-10-17(15)24(18)3/h4-12H,1-3H3,(H,23,25). The summed E-state index contributed by atoms with van der Waals surface area (Å²) in [5.41, 5.74) is 5.56. The number of nitrogens with one attached hydrogen (secondary N) is 1. The van der Waals surface area contributed by atoms with Crippen molar-refractivity contribution in [3.63, 3.8) is 0 Å². The Bertz CT molecular complexity index is 1100. The van der Waals surface area contributed by atoms with E-state index in [1.54, 1.807) is 0 Å². The number of fused-ring (bicyclic) bond motifs is 1. The maximum Gasteiger partial charge on any atom is 0.275 e. The Hall–Kier alpha value is -2.92. The summed E-state index contributed by atoms with van der Waals surface area (Å²) < 4.78 is 2.11. The zero-order chi connectivity index (χ0) is 18.3. The maximum absolute atomic E-state index is 12.6. The van der Waals surface area contributed by atoms with Gasteiger partial charge < -0.3 is 9.88 Å². The number of carbonyl (C=O) groups excluding carboxylic acids is 1. The molecule has 4 aromatic rings. The lowest BCUT2D eigenvalue weighted by molar-refractivity contribution is 0.102. The average molecular weight is 361 g/mol. The minimum absolute atomic E-state index is 0.177. The Morgan fingerprint density at radius 3 is 2.54 bits per heavy atom. The Morgan fingerprint density at radius 1 is 1.08 bits per heavy atom. The zero-order valence-electron chi connectivity index (χ0n) is 14.9. The number of para-hydroxylation sites is 2. The predicted octanol–water partition coefficient (Wildman–Crippen LogP) is 5.17. The molecule has 4 nitrogen and oxygen atoms in total.